The monoisotopic (exact) mass is 230 g/mol. The van der Waals surface area contributed by atoms with Gasteiger partial charge >= 0.3 is 0 Å². The lowest BCUT2D eigenvalue weighted by molar-refractivity contribution is 0.0850. The Morgan fingerprint density at radius 1 is 1.50 bits per heavy atom. The number of rotatable bonds is 2. The van der Waals surface area contributed by atoms with E-state index in [2.05, 4.69) is 15.9 Å². The summed E-state index contributed by atoms with van der Waals surface area (Å²) in [6.07, 6.45) is 0. The zero-order chi connectivity index (χ0) is 9.19. The molecule has 0 amide bonds. The van der Waals surface area contributed by atoms with E-state index in [0.29, 0.717) is 10.9 Å². The smallest absolute Gasteiger partial charge is 0.115 e. The van der Waals surface area contributed by atoms with Crippen molar-refractivity contribution in [1.29, 1.82) is 0 Å². The van der Waals surface area contributed by atoms with Crippen LogP contribution in [-0.2, 0) is 5.60 Å². The molecule has 1 aromatic carbocycles. The van der Waals surface area contributed by atoms with Gasteiger partial charge in [-0.3, -0.25) is 0 Å². The predicted octanol–water partition coefficient (Wildman–Crippen LogP) is 1.99. The largest absolute Gasteiger partial charge is 0.508 e. The molecule has 0 spiro atoms. The molecule has 0 bridgehead atoms. The van der Waals surface area contributed by atoms with Crippen LogP contribution in [0.15, 0.2) is 24.3 Å². The number of hydrogen-bond donors (Lipinski definition) is 2. The van der Waals surface area contributed by atoms with Crippen molar-refractivity contribution in [2.45, 2.75) is 12.5 Å². The molecule has 2 nitrogen and oxygen atoms in total. The highest BCUT2D eigenvalue weighted by Crippen LogP contribution is 2.25. The third-order valence-electron chi connectivity index (χ3n) is 1.73. The number of phenols is 1. The van der Waals surface area contributed by atoms with E-state index in [4.69, 9.17) is 5.11 Å². The van der Waals surface area contributed by atoms with Crippen molar-refractivity contribution in [3.05, 3.63) is 29.8 Å². The van der Waals surface area contributed by atoms with Crippen molar-refractivity contribution in [1.82, 2.24) is 0 Å². The van der Waals surface area contributed by atoms with Crippen molar-refractivity contribution >= 4 is 15.9 Å². The fourth-order valence-electron chi connectivity index (χ4n) is 0.918. The van der Waals surface area contributed by atoms with E-state index in [-0.39, 0.29) is 5.75 Å². The van der Waals surface area contributed by atoms with E-state index >= 15 is 0 Å². The van der Waals surface area contributed by atoms with E-state index in [1.165, 1.54) is 0 Å². The fourth-order valence-corrected chi connectivity index (χ4v) is 1.24. The summed E-state index contributed by atoms with van der Waals surface area (Å²) in [6, 6.07) is 6.62. The van der Waals surface area contributed by atoms with Crippen molar-refractivity contribution in [2.24, 2.45) is 0 Å². The molecule has 0 aliphatic rings. The molecular weight excluding hydrogens is 220 g/mol. The summed E-state index contributed by atoms with van der Waals surface area (Å²) in [5.74, 6) is 0.175. The van der Waals surface area contributed by atoms with Crippen LogP contribution in [0.5, 0.6) is 5.75 Å². The van der Waals surface area contributed by atoms with Gasteiger partial charge in [0.25, 0.3) is 0 Å². The van der Waals surface area contributed by atoms with Crippen LogP contribution in [0.2, 0.25) is 0 Å². The van der Waals surface area contributed by atoms with Gasteiger partial charge in [0.1, 0.15) is 5.75 Å². The first kappa shape index (κ1) is 9.55. The molecule has 12 heavy (non-hydrogen) atoms. The summed E-state index contributed by atoms with van der Waals surface area (Å²) in [7, 11) is 0. The quantitative estimate of drug-likeness (QED) is 0.764. The first-order chi connectivity index (χ1) is 5.56. The number of benzene rings is 1. The average molecular weight is 231 g/mol. The van der Waals surface area contributed by atoms with Gasteiger partial charge in [0, 0.05) is 5.33 Å². The second-order valence-corrected chi connectivity index (χ2v) is 3.52. The Morgan fingerprint density at radius 3 is 2.67 bits per heavy atom. The first-order valence-electron chi connectivity index (χ1n) is 3.64. The van der Waals surface area contributed by atoms with Gasteiger partial charge in [0.2, 0.25) is 0 Å². The summed E-state index contributed by atoms with van der Waals surface area (Å²) in [6.45, 7) is 1.69. The van der Waals surface area contributed by atoms with Crippen LogP contribution in [0.25, 0.3) is 0 Å². The Labute approximate surface area is 80.0 Å². The third kappa shape index (κ3) is 1.99. The van der Waals surface area contributed by atoms with Crippen LogP contribution >= 0.6 is 15.9 Å². The molecule has 0 aromatic heterocycles. The van der Waals surface area contributed by atoms with Gasteiger partial charge in [-0.25, -0.2) is 0 Å². The Kier molecular flexibility index (Phi) is 2.75. The number of aliphatic hydroxyl groups is 1. The Hall–Kier alpha value is -0.540. The molecule has 3 heteroatoms. The standard InChI is InChI=1S/C9H11BrO2/c1-9(12,6-10)7-3-2-4-8(11)5-7/h2-5,11-12H,6H2,1H3. The molecule has 1 rings (SSSR count). The number of halogens is 1. The predicted molar refractivity (Wildman–Crippen MR) is 51.5 cm³/mol. The topological polar surface area (TPSA) is 40.5 Å². The summed E-state index contributed by atoms with van der Waals surface area (Å²) in [5, 5.41) is 19.4. The highest BCUT2D eigenvalue weighted by Gasteiger charge is 2.21. The SMILES string of the molecule is CC(O)(CBr)c1cccc(O)c1. The van der Waals surface area contributed by atoms with Crippen LogP contribution < -0.4 is 0 Å². The third-order valence-corrected chi connectivity index (χ3v) is 2.82. The van der Waals surface area contributed by atoms with Crippen LogP contribution in [0.3, 0.4) is 0 Å². The molecule has 0 aliphatic carbocycles. The fraction of sp³-hybridized carbons (Fsp3) is 0.333. The minimum absolute atomic E-state index is 0.175. The Balaban J connectivity index is 3.03. The lowest BCUT2D eigenvalue weighted by Gasteiger charge is -2.20. The maximum Gasteiger partial charge on any atom is 0.115 e. The van der Waals surface area contributed by atoms with E-state index < -0.39 is 5.60 Å². The van der Waals surface area contributed by atoms with Gasteiger partial charge in [-0.15, -0.1) is 0 Å². The normalized spacial score (nSPS) is 15.6. The summed E-state index contributed by atoms with van der Waals surface area (Å²) in [5.41, 5.74) is -0.210. The minimum atomic E-state index is -0.918. The van der Waals surface area contributed by atoms with E-state index in [1.807, 2.05) is 0 Å². The molecule has 1 atom stereocenters. The van der Waals surface area contributed by atoms with Crippen molar-refractivity contribution in [3.63, 3.8) is 0 Å². The van der Waals surface area contributed by atoms with Gasteiger partial charge in [0.05, 0.1) is 5.60 Å². The molecule has 2 N–H and O–H groups in total. The van der Waals surface area contributed by atoms with Gasteiger partial charge in [-0.2, -0.15) is 0 Å². The summed E-state index contributed by atoms with van der Waals surface area (Å²) < 4.78 is 0. The maximum atomic E-state index is 9.76. The minimum Gasteiger partial charge on any atom is -0.508 e. The molecule has 1 unspecified atom stereocenters. The molecule has 0 saturated carbocycles. The number of hydrogen-bond acceptors (Lipinski definition) is 2. The molecule has 0 aliphatic heterocycles. The molecular formula is C9H11BrO2. The highest BCUT2D eigenvalue weighted by atomic mass is 79.9. The molecule has 0 saturated heterocycles. The number of phenolic OH excluding ortho intramolecular Hbond substituents is 1. The van der Waals surface area contributed by atoms with Gasteiger partial charge < -0.3 is 10.2 Å². The van der Waals surface area contributed by atoms with E-state index in [0.717, 1.165) is 0 Å². The average Bonchev–Trinajstić information content (AvgIpc) is 2.05. The van der Waals surface area contributed by atoms with Gasteiger partial charge in [0.15, 0.2) is 0 Å². The Morgan fingerprint density at radius 2 is 2.17 bits per heavy atom. The highest BCUT2D eigenvalue weighted by molar-refractivity contribution is 9.09. The van der Waals surface area contributed by atoms with Gasteiger partial charge in [-0.05, 0) is 24.6 Å². The second-order valence-electron chi connectivity index (χ2n) is 2.96. The zero-order valence-electron chi connectivity index (χ0n) is 6.79. The van der Waals surface area contributed by atoms with Gasteiger partial charge in [-0.1, -0.05) is 28.1 Å². The first-order valence-corrected chi connectivity index (χ1v) is 4.76. The van der Waals surface area contributed by atoms with Crippen LogP contribution in [0.1, 0.15) is 12.5 Å². The van der Waals surface area contributed by atoms with Crippen LogP contribution in [0, 0.1) is 0 Å². The zero-order valence-corrected chi connectivity index (χ0v) is 8.37. The van der Waals surface area contributed by atoms with Crippen molar-refractivity contribution in [3.8, 4) is 5.75 Å². The molecule has 1 aromatic rings. The Bertz CT molecular complexity index is 271. The number of aromatic hydroxyl groups is 1. The molecule has 0 fully saturated rings. The van der Waals surface area contributed by atoms with Crippen molar-refractivity contribution < 1.29 is 10.2 Å². The van der Waals surface area contributed by atoms with Crippen molar-refractivity contribution in [2.75, 3.05) is 5.33 Å². The lowest BCUT2D eigenvalue weighted by atomic mass is 9.98. The molecule has 0 heterocycles. The number of alkyl halides is 1. The maximum absolute atomic E-state index is 9.76. The molecule has 66 valence electrons. The van der Waals surface area contributed by atoms with Crippen LogP contribution in [-0.4, -0.2) is 15.5 Å². The van der Waals surface area contributed by atoms with E-state index in [9.17, 15) is 5.11 Å². The van der Waals surface area contributed by atoms with Crippen LogP contribution in [0.4, 0.5) is 0 Å². The second kappa shape index (κ2) is 3.46. The summed E-state index contributed by atoms with van der Waals surface area (Å²) in [4.78, 5) is 0. The molecule has 0 radical (unpaired) electrons. The lowest BCUT2D eigenvalue weighted by Crippen LogP contribution is -2.22. The summed E-state index contributed by atoms with van der Waals surface area (Å²) >= 11 is 3.20. The van der Waals surface area contributed by atoms with E-state index in [1.54, 1.807) is 31.2 Å².